The highest BCUT2D eigenvalue weighted by atomic mass is 16.1. The number of rotatable bonds is 8. The number of Topliss-reactive ketones (excluding diaryl/α,β-unsaturated/α-hetero) is 1. The van der Waals surface area contributed by atoms with Gasteiger partial charge in [-0.3, -0.25) is 4.79 Å². The van der Waals surface area contributed by atoms with E-state index in [2.05, 4.69) is 27.7 Å². The summed E-state index contributed by atoms with van der Waals surface area (Å²) < 4.78 is 0. The average molecular weight is 260 g/mol. The van der Waals surface area contributed by atoms with Gasteiger partial charge < -0.3 is 0 Å². The van der Waals surface area contributed by atoms with E-state index >= 15 is 0 Å². The van der Waals surface area contributed by atoms with Crippen molar-refractivity contribution in [2.24, 2.45) is 11.3 Å². The molecule has 0 aromatic heterocycles. The molecular formula is C18H28O. The lowest BCUT2D eigenvalue weighted by atomic mass is 9.74. The monoisotopic (exact) mass is 260 g/mol. The first-order valence-corrected chi connectivity index (χ1v) is 7.63. The summed E-state index contributed by atoms with van der Waals surface area (Å²) in [6, 6.07) is 9.69. The van der Waals surface area contributed by atoms with Gasteiger partial charge in [0.1, 0.15) is 0 Å². The molecule has 1 heteroatoms. The van der Waals surface area contributed by atoms with Crippen LogP contribution in [-0.4, -0.2) is 5.78 Å². The van der Waals surface area contributed by atoms with E-state index in [-0.39, 0.29) is 0 Å². The molecule has 1 rings (SSSR count). The van der Waals surface area contributed by atoms with Crippen LogP contribution in [0, 0.1) is 11.3 Å². The Bertz CT molecular complexity index is 376. The van der Waals surface area contributed by atoms with Crippen molar-refractivity contribution in [1.82, 2.24) is 0 Å². The van der Waals surface area contributed by atoms with E-state index < -0.39 is 0 Å². The molecule has 0 heterocycles. The Kier molecular flexibility index (Phi) is 6.27. The van der Waals surface area contributed by atoms with E-state index in [9.17, 15) is 4.79 Å². The summed E-state index contributed by atoms with van der Waals surface area (Å²) in [4.78, 5) is 12.3. The highest BCUT2D eigenvalue weighted by Crippen LogP contribution is 2.35. The molecule has 0 saturated heterocycles. The molecule has 1 unspecified atom stereocenters. The fraction of sp³-hybridized carbons (Fsp3) is 0.611. The first-order valence-electron chi connectivity index (χ1n) is 7.63. The van der Waals surface area contributed by atoms with Crippen LogP contribution in [0.1, 0.15) is 70.2 Å². The summed E-state index contributed by atoms with van der Waals surface area (Å²) in [6.45, 7) is 9.07. The second-order valence-corrected chi connectivity index (χ2v) is 5.99. The molecule has 1 aromatic rings. The van der Waals surface area contributed by atoms with Crippen LogP contribution in [0.5, 0.6) is 0 Å². The van der Waals surface area contributed by atoms with Gasteiger partial charge in [-0.25, -0.2) is 0 Å². The average Bonchev–Trinajstić information content (AvgIpc) is 2.47. The number of hydrogen-bond donors (Lipinski definition) is 0. The van der Waals surface area contributed by atoms with Crippen LogP contribution in [0.2, 0.25) is 0 Å². The first kappa shape index (κ1) is 15.9. The number of benzene rings is 1. The minimum Gasteiger partial charge on any atom is -0.294 e. The molecule has 1 aromatic carbocycles. The van der Waals surface area contributed by atoms with Gasteiger partial charge >= 0.3 is 0 Å². The van der Waals surface area contributed by atoms with Gasteiger partial charge in [-0.1, -0.05) is 77.3 Å². The fourth-order valence-corrected chi connectivity index (χ4v) is 2.60. The Morgan fingerprint density at radius 1 is 1.11 bits per heavy atom. The predicted molar refractivity (Wildman–Crippen MR) is 82.5 cm³/mol. The molecule has 106 valence electrons. The normalized spacial score (nSPS) is 13.3. The quantitative estimate of drug-likeness (QED) is 0.564. The molecule has 19 heavy (non-hydrogen) atoms. The molecule has 0 N–H and O–H groups in total. The van der Waals surface area contributed by atoms with Crippen LogP contribution in [0.3, 0.4) is 0 Å². The molecule has 1 nitrogen and oxygen atoms in total. The Hall–Kier alpha value is -1.11. The van der Waals surface area contributed by atoms with Crippen molar-refractivity contribution in [2.75, 3.05) is 0 Å². The Balaban J connectivity index is 2.65. The molecule has 0 spiro atoms. The Labute approximate surface area is 118 Å². The Morgan fingerprint density at radius 3 is 2.16 bits per heavy atom. The lowest BCUT2D eigenvalue weighted by Crippen LogP contribution is -2.20. The van der Waals surface area contributed by atoms with Crippen molar-refractivity contribution in [2.45, 2.75) is 59.8 Å². The van der Waals surface area contributed by atoms with Crippen molar-refractivity contribution in [1.29, 1.82) is 0 Å². The van der Waals surface area contributed by atoms with Crippen molar-refractivity contribution in [3.63, 3.8) is 0 Å². The molecule has 0 radical (unpaired) electrons. The number of ketones is 1. The van der Waals surface area contributed by atoms with Gasteiger partial charge in [-0.15, -0.1) is 0 Å². The minimum atomic E-state index is 0.294. The molecule has 0 aliphatic rings. The summed E-state index contributed by atoms with van der Waals surface area (Å²) in [5, 5.41) is 0. The van der Waals surface area contributed by atoms with Gasteiger partial charge in [0.05, 0.1) is 0 Å². The van der Waals surface area contributed by atoms with E-state index in [1.54, 1.807) is 0 Å². The zero-order valence-electron chi connectivity index (χ0n) is 12.9. The van der Waals surface area contributed by atoms with Gasteiger partial charge in [0.25, 0.3) is 0 Å². The van der Waals surface area contributed by atoms with Crippen LogP contribution >= 0.6 is 0 Å². The van der Waals surface area contributed by atoms with Crippen LogP contribution in [0.15, 0.2) is 30.3 Å². The van der Waals surface area contributed by atoms with E-state index in [0.29, 0.717) is 23.5 Å². The number of carbonyl (C=O) groups is 1. The molecule has 0 saturated carbocycles. The van der Waals surface area contributed by atoms with E-state index in [1.165, 1.54) is 12.8 Å². The van der Waals surface area contributed by atoms with Crippen LogP contribution in [-0.2, 0) is 0 Å². The second-order valence-electron chi connectivity index (χ2n) is 5.99. The van der Waals surface area contributed by atoms with Gasteiger partial charge in [0.15, 0.2) is 5.78 Å². The zero-order valence-corrected chi connectivity index (χ0v) is 12.9. The fourth-order valence-electron chi connectivity index (χ4n) is 2.60. The molecule has 0 amide bonds. The van der Waals surface area contributed by atoms with Crippen LogP contribution in [0.25, 0.3) is 0 Å². The van der Waals surface area contributed by atoms with E-state index in [4.69, 9.17) is 0 Å². The van der Waals surface area contributed by atoms with Crippen molar-refractivity contribution in [3.8, 4) is 0 Å². The first-order chi connectivity index (χ1) is 9.04. The maximum Gasteiger partial charge on any atom is 0.163 e. The third kappa shape index (κ3) is 4.81. The minimum absolute atomic E-state index is 0.294. The zero-order chi connectivity index (χ0) is 14.3. The summed E-state index contributed by atoms with van der Waals surface area (Å²) >= 11 is 0. The standard InChI is InChI=1S/C18H28O/c1-5-15(14-18(4,6-2)7-3)13-17(19)16-11-9-8-10-12-16/h8-12,15H,5-7,13-14H2,1-4H3. The molecule has 0 aliphatic carbocycles. The van der Waals surface area contributed by atoms with Gasteiger partial charge in [-0.2, -0.15) is 0 Å². The molecule has 0 fully saturated rings. The lowest BCUT2D eigenvalue weighted by molar-refractivity contribution is 0.0938. The summed E-state index contributed by atoms with van der Waals surface area (Å²) in [7, 11) is 0. The maximum atomic E-state index is 12.3. The van der Waals surface area contributed by atoms with Crippen molar-refractivity contribution >= 4 is 5.78 Å². The summed E-state index contributed by atoms with van der Waals surface area (Å²) in [5.74, 6) is 0.805. The SMILES string of the molecule is CCC(CC(=O)c1ccccc1)CC(C)(CC)CC. The third-order valence-corrected chi connectivity index (χ3v) is 4.64. The molecule has 0 bridgehead atoms. The molecule has 1 atom stereocenters. The third-order valence-electron chi connectivity index (χ3n) is 4.64. The largest absolute Gasteiger partial charge is 0.294 e. The highest BCUT2D eigenvalue weighted by molar-refractivity contribution is 5.96. The van der Waals surface area contributed by atoms with Crippen molar-refractivity contribution < 1.29 is 4.79 Å². The summed E-state index contributed by atoms with van der Waals surface area (Å²) in [5.41, 5.74) is 1.24. The summed E-state index contributed by atoms with van der Waals surface area (Å²) in [6.07, 6.45) is 5.33. The Morgan fingerprint density at radius 2 is 1.68 bits per heavy atom. The highest BCUT2D eigenvalue weighted by Gasteiger charge is 2.25. The topological polar surface area (TPSA) is 17.1 Å². The van der Waals surface area contributed by atoms with Crippen LogP contribution in [0.4, 0.5) is 0 Å². The lowest BCUT2D eigenvalue weighted by Gasteiger charge is -2.31. The van der Waals surface area contributed by atoms with Crippen LogP contribution < -0.4 is 0 Å². The number of hydrogen-bond acceptors (Lipinski definition) is 1. The van der Waals surface area contributed by atoms with Gasteiger partial charge in [0, 0.05) is 12.0 Å². The molecular weight excluding hydrogens is 232 g/mol. The second kappa shape index (κ2) is 7.47. The van der Waals surface area contributed by atoms with Gasteiger partial charge in [-0.05, 0) is 17.8 Å². The maximum absolute atomic E-state index is 12.3. The van der Waals surface area contributed by atoms with E-state index in [0.717, 1.165) is 18.4 Å². The predicted octanol–water partition coefficient (Wildman–Crippen LogP) is 5.50. The number of carbonyl (C=O) groups excluding carboxylic acids is 1. The van der Waals surface area contributed by atoms with Gasteiger partial charge in [0.2, 0.25) is 0 Å². The smallest absolute Gasteiger partial charge is 0.163 e. The molecule has 0 aliphatic heterocycles. The van der Waals surface area contributed by atoms with Crippen molar-refractivity contribution in [3.05, 3.63) is 35.9 Å². The van der Waals surface area contributed by atoms with E-state index in [1.807, 2.05) is 30.3 Å².